The van der Waals surface area contributed by atoms with Crippen molar-refractivity contribution in [1.82, 2.24) is 20.3 Å². The van der Waals surface area contributed by atoms with E-state index in [4.69, 9.17) is 11.6 Å². The fraction of sp³-hybridized carbons (Fsp3) is 0.238. The molecule has 3 N–H and O–H groups in total. The molecule has 0 saturated carbocycles. The summed E-state index contributed by atoms with van der Waals surface area (Å²) in [6.07, 6.45) is 2.00. The van der Waals surface area contributed by atoms with E-state index in [0.29, 0.717) is 35.6 Å². The number of carbonyl (C=O) groups excluding carboxylic acids is 1. The first-order valence-electron chi connectivity index (χ1n) is 9.29. The molecule has 3 rings (SSSR count). The maximum atomic E-state index is 12.1. The predicted octanol–water partition coefficient (Wildman–Crippen LogP) is 3.66. The molecule has 7 nitrogen and oxygen atoms in total. The van der Waals surface area contributed by atoms with Crippen molar-refractivity contribution < 1.29 is 4.79 Å². The summed E-state index contributed by atoms with van der Waals surface area (Å²) in [5.41, 5.74) is 1.92. The van der Waals surface area contributed by atoms with Gasteiger partial charge in [0.2, 0.25) is 5.91 Å². The Hall–Kier alpha value is -3.19. The van der Waals surface area contributed by atoms with Gasteiger partial charge in [-0.15, -0.1) is 0 Å². The summed E-state index contributed by atoms with van der Waals surface area (Å²) in [5.74, 6) is 2.61. The number of hydrogen-bond donors (Lipinski definition) is 3. The molecule has 2 aromatic heterocycles. The first kappa shape index (κ1) is 20.5. The monoisotopic (exact) mass is 410 g/mol. The number of hydrogen-bond acceptors (Lipinski definition) is 6. The highest BCUT2D eigenvalue weighted by molar-refractivity contribution is 6.31. The molecule has 0 saturated heterocycles. The maximum Gasteiger partial charge on any atom is 0.224 e. The summed E-state index contributed by atoms with van der Waals surface area (Å²) in [7, 11) is 0. The fourth-order valence-electron chi connectivity index (χ4n) is 2.73. The standard InChI is InChI=1S/C21H23ClN6O/c1-14-7-8-23-18(11-14)28-20-13-19(26-15(2)27-20)24-9-10-25-21(29)12-16-5-3-4-6-17(16)22/h3-8,11,13H,9-10,12H2,1-2H3,(H,25,29)(H2,23,24,26,27,28). The largest absolute Gasteiger partial charge is 0.368 e. The number of nitrogens with one attached hydrogen (secondary N) is 3. The van der Waals surface area contributed by atoms with Crippen molar-refractivity contribution in [3.05, 3.63) is 70.6 Å². The summed E-state index contributed by atoms with van der Waals surface area (Å²) in [4.78, 5) is 25.1. The molecular formula is C21H23ClN6O. The molecule has 0 unspecified atom stereocenters. The first-order valence-corrected chi connectivity index (χ1v) is 9.67. The van der Waals surface area contributed by atoms with Gasteiger partial charge in [0.1, 0.15) is 23.3 Å². The number of rotatable bonds is 8. The zero-order chi connectivity index (χ0) is 20.6. The van der Waals surface area contributed by atoms with Gasteiger partial charge in [-0.05, 0) is 43.2 Å². The van der Waals surface area contributed by atoms with Gasteiger partial charge in [-0.2, -0.15) is 0 Å². The number of carbonyl (C=O) groups is 1. The van der Waals surface area contributed by atoms with Gasteiger partial charge in [-0.25, -0.2) is 15.0 Å². The number of amides is 1. The van der Waals surface area contributed by atoms with Crippen LogP contribution in [0.1, 0.15) is 17.0 Å². The number of nitrogens with zero attached hydrogens (tertiary/aromatic N) is 3. The zero-order valence-electron chi connectivity index (χ0n) is 16.4. The van der Waals surface area contributed by atoms with Gasteiger partial charge >= 0.3 is 0 Å². The molecular weight excluding hydrogens is 388 g/mol. The van der Waals surface area contributed by atoms with Gasteiger partial charge in [0.25, 0.3) is 0 Å². The number of aromatic nitrogens is 3. The van der Waals surface area contributed by atoms with E-state index >= 15 is 0 Å². The lowest BCUT2D eigenvalue weighted by molar-refractivity contribution is -0.120. The van der Waals surface area contributed by atoms with Crippen LogP contribution in [0.5, 0.6) is 0 Å². The van der Waals surface area contributed by atoms with E-state index in [1.54, 1.807) is 12.3 Å². The minimum Gasteiger partial charge on any atom is -0.368 e. The Kier molecular flexibility index (Phi) is 6.97. The minimum absolute atomic E-state index is 0.0772. The molecule has 1 aromatic carbocycles. The average molecular weight is 411 g/mol. The van der Waals surface area contributed by atoms with E-state index in [-0.39, 0.29) is 12.3 Å². The Balaban J connectivity index is 1.49. The van der Waals surface area contributed by atoms with Crippen molar-refractivity contribution in [3.8, 4) is 0 Å². The first-order chi connectivity index (χ1) is 14.0. The molecule has 0 aliphatic heterocycles. The molecule has 8 heteroatoms. The lowest BCUT2D eigenvalue weighted by atomic mass is 10.1. The maximum absolute atomic E-state index is 12.1. The Morgan fingerprint density at radius 1 is 1.00 bits per heavy atom. The van der Waals surface area contributed by atoms with Crippen LogP contribution in [-0.2, 0) is 11.2 Å². The van der Waals surface area contributed by atoms with E-state index < -0.39 is 0 Å². The number of benzene rings is 1. The van der Waals surface area contributed by atoms with E-state index in [2.05, 4.69) is 30.9 Å². The van der Waals surface area contributed by atoms with Crippen LogP contribution in [0.4, 0.5) is 17.5 Å². The molecule has 2 heterocycles. The molecule has 3 aromatic rings. The molecule has 0 aliphatic rings. The highest BCUT2D eigenvalue weighted by atomic mass is 35.5. The van der Waals surface area contributed by atoms with Crippen molar-refractivity contribution in [1.29, 1.82) is 0 Å². The average Bonchev–Trinajstić information content (AvgIpc) is 2.67. The third-order valence-electron chi connectivity index (χ3n) is 4.07. The quantitative estimate of drug-likeness (QED) is 0.491. The van der Waals surface area contributed by atoms with Crippen molar-refractivity contribution in [2.24, 2.45) is 0 Å². The second-order valence-electron chi connectivity index (χ2n) is 6.57. The third-order valence-corrected chi connectivity index (χ3v) is 4.44. The van der Waals surface area contributed by atoms with Crippen molar-refractivity contribution >= 4 is 35.0 Å². The van der Waals surface area contributed by atoms with E-state index in [1.807, 2.05) is 50.2 Å². The molecule has 1 amide bonds. The second kappa shape index (κ2) is 9.84. The summed E-state index contributed by atoms with van der Waals surface area (Å²) in [6, 6.07) is 13.0. The third kappa shape index (κ3) is 6.43. The minimum atomic E-state index is -0.0772. The van der Waals surface area contributed by atoms with Gasteiger partial charge in [-0.1, -0.05) is 29.8 Å². The van der Waals surface area contributed by atoms with Crippen molar-refractivity contribution in [3.63, 3.8) is 0 Å². The van der Waals surface area contributed by atoms with Crippen molar-refractivity contribution in [2.45, 2.75) is 20.3 Å². The predicted molar refractivity (Wildman–Crippen MR) is 116 cm³/mol. The summed E-state index contributed by atoms with van der Waals surface area (Å²) in [5, 5.41) is 9.86. The van der Waals surface area contributed by atoms with Crippen LogP contribution in [0.15, 0.2) is 48.7 Å². The second-order valence-corrected chi connectivity index (χ2v) is 6.98. The Morgan fingerprint density at radius 2 is 1.79 bits per heavy atom. The molecule has 0 bridgehead atoms. The van der Waals surface area contributed by atoms with Gasteiger partial charge in [0.05, 0.1) is 6.42 Å². The van der Waals surface area contributed by atoms with Crippen LogP contribution in [0.25, 0.3) is 0 Å². The molecule has 0 spiro atoms. The highest BCUT2D eigenvalue weighted by Crippen LogP contribution is 2.17. The van der Waals surface area contributed by atoms with Crippen LogP contribution >= 0.6 is 11.6 Å². The Bertz CT molecular complexity index is 994. The summed E-state index contributed by atoms with van der Waals surface area (Å²) in [6.45, 7) is 4.83. The molecule has 29 heavy (non-hydrogen) atoms. The lowest BCUT2D eigenvalue weighted by Gasteiger charge is -2.11. The van der Waals surface area contributed by atoms with E-state index in [1.165, 1.54) is 0 Å². The van der Waals surface area contributed by atoms with Crippen LogP contribution in [0.3, 0.4) is 0 Å². The summed E-state index contributed by atoms with van der Waals surface area (Å²) < 4.78 is 0. The van der Waals surface area contributed by atoms with Gasteiger partial charge < -0.3 is 16.0 Å². The molecule has 0 atom stereocenters. The number of aryl methyl sites for hydroxylation is 2. The topological polar surface area (TPSA) is 91.8 Å². The number of halogens is 1. The molecule has 150 valence electrons. The number of pyridine rings is 1. The molecule has 0 aliphatic carbocycles. The van der Waals surface area contributed by atoms with E-state index in [9.17, 15) is 4.79 Å². The zero-order valence-corrected chi connectivity index (χ0v) is 17.1. The Labute approximate surface area is 175 Å². The number of anilines is 3. The van der Waals surface area contributed by atoms with Crippen LogP contribution < -0.4 is 16.0 Å². The van der Waals surface area contributed by atoms with Gasteiger partial charge in [-0.3, -0.25) is 4.79 Å². The van der Waals surface area contributed by atoms with Crippen LogP contribution in [0, 0.1) is 13.8 Å². The van der Waals surface area contributed by atoms with E-state index in [0.717, 1.165) is 16.9 Å². The fourth-order valence-corrected chi connectivity index (χ4v) is 2.93. The normalized spacial score (nSPS) is 10.4. The van der Waals surface area contributed by atoms with Crippen LogP contribution in [0.2, 0.25) is 5.02 Å². The summed E-state index contributed by atoms with van der Waals surface area (Å²) >= 11 is 6.09. The van der Waals surface area contributed by atoms with Gasteiger partial charge in [0, 0.05) is 30.4 Å². The highest BCUT2D eigenvalue weighted by Gasteiger charge is 2.07. The molecule has 0 fully saturated rings. The van der Waals surface area contributed by atoms with Crippen LogP contribution in [-0.4, -0.2) is 33.9 Å². The SMILES string of the molecule is Cc1ccnc(Nc2cc(NCCNC(=O)Cc3ccccc3Cl)nc(C)n2)c1. The Morgan fingerprint density at radius 3 is 2.59 bits per heavy atom. The lowest BCUT2D eigenvalue weighted by Crippen LogP contribution is -2.30. The van der Waals surface area contributed by atoms with Crippen molar-refractivity contribution in [2.75, 3.05) is 23.7 Å². The van der Waals surface area contributed by atoms with Gasteiger partial charge in [0.15, 0.2) is 0 Å². The molecule has 0 radical (unpaired) electrons. The smallest absolute Gasteiger partial charge is 0.224 e.